The number of benzene rings is 9. The summed E-state index contributed by atoms with van der Waals surface area (Å²) in [6.45, 7) is 0.701. The van der Waals surface area contributed by atoms with Crippen LogP contribution in [-0.4, -0.2) is 4.57 Å². The van der Waals surface area contributed by atoms with Crippen LogP contribution in [0.4, 0.5) is 34.1 Å². The highest BCUT2D eigenvalue weighted by atomic mass is 32.2. The summed E-state index contributed by atoms with van der Waals surface area (Å²) in [6.07, 6.45) is 0. The number of nitrogens with one attached hydrogen (secondary N) is 2. The first-order valence-electron chi connectivity index (χ1n) is 20.9. The van der Waals surface area contributed by atoms with E-state index in [4.69, 9.17) is 0 Å². The van der Waals surface area contributed by atoms with Crippen molar-refractivity contribution in [2.24, 2.45) is 0 Å². The first-order valence-corrected chi connectivity index (χ1v) is 21.7. The molecule has 0 saturated heterocycles. The minimum absolute atomic E-state index is 0.563. The number of fused-ring (bicyclic) bond motifs is 11. The van der Waals surface area contributed by atoms with Crippen molar-refractivity contribution in [1.29, 1.82) is 0 Å². The predicted molar refractivity (Wildman–Crippen MR) is 255 cm³/mol. The van der Waals surface area contributed by atoms with Crippen molar-refractivity contribution < 1.29 is 0 Å². The van der Waals surface area contributed by atoms with E-state index >= 15 is 0 Å². The lowest BCUT2D eigenvalue weighted by molar-refractivity contribution is 0.693. The number of hydrogen-bond donors (Lipinski definition) is 2. The predicted octanol–water partition coefficient (Wildman–Crippen LogP) is 14.8. The van der Waals surface area contributed by atoms with E-state index in [2.05, 4.69) is 232 Å². The van der Waals surface area contributed by atoms with Gasteiger partial charge >= 0.3 is 0 Å². The highest BCUT2D eigenvalue weighted by Gasteiger charge is 2.50. The summed E-state index contributed by atoms with van der Waals surface area (Å²) in [4.78, 5) is 5.03. The van der Waals surface area contributed by atoms with Crippen LogP contribution in [0.2, 0.25) is 0 Å². The molecule has 0 amide bonds. The Labute approximate surface area is 359 Å². The van der Waals surface area contributed by atoms with Gasteiger partial charge in [-0.25, -0.2) is 0 Å². The van der Waals surface area contributed by atoms with E-state index < -0.39 is 5.41 Å². The maximum absolute atomic E-state index is 3.69. The van der Waals surface area contributed by atoms with Crippen molar-refractivity contribution >= 4 is 67.7 Å². The smallest absolute Gasteiger partial charge is 0.0764 e. The molecule has 2 N–H and O–H groups in total. The molecule has 3 heterocycles. The van der Waals surface area contributed by atoms with Crippen LogP contribution in [0.15, 0.2) is 228 Å². The van der Waals surface area contributed by atoms with Crippen LogP contribution in [0.3, 0.4) is 0 Å². The summed E-state index contributed by atoms with van der Waals surface area (Å²) >= 11 is 1.90. The van der Waals surface area contributed by atoms with E-state index in [0.717, 1.165) is 28.4 Å². The maximum atomic E-state index is 3.69. The zero-order chi connectivity index (χ0) is 40.3. The number of nitrogens with zero attached hydrogens (tertiary/aromatic N) is 2. The van der Waals surface area contributed by atoms with Gasteiger partial charge in [-0.2, -0.15) is 0 Å². The quantitative estimate of drug-likeness (QED) is 0.168. The average molecular weight is 801 g/mol. The second-order valence-corrected chi connectivity index (χ2v) is 16.9. The van der Waals surface area contributed by atoms with Gasteiger partial charge in [-0.15, -0.1) is 0 Å². The Kier molecular flexibility index (Phi) is 8.36. The average Bonchev–Trinajstić information content (AvgIpc) is 3.64. The molecule has 0 saturated carbocycles. The van der Waals surface area contributed by atoms with Gasteiger partial charge < -0.3 is 20.1 Å². The van der Waals surface area contributed by atoms with Crippen molar-refractivity contribution in [2.45, 2.75) is 21.8 Å². The minimum Gasteiger partial charge on any atom is -0.379 e. The molecule has 0 unspecified atom stereocenters. The number of anilines is 6. The van der Waals surface area contributed by atoms with Gasteiger partial charge in [0.1, 0.15) is 0 Å². The standard InChI is InChI=1S/C56H40N4S/c1-3-17-39(18-4-1)58-49-26-12-11-25-48(49)57-37-38-31-33-41(34-32-38)59-50-27-13-7-21-42(50)43-35-55-47(36-53(43)59)56(46-24-10-16-30-54(46)61-55)44-22-8-14-28-51(44)60(40-19-5-2-6-20-40)52-29-15-9-23-45(52)56/h1-36,57-58H,37H2. The van der Waals surface area contributed by atoms with Gasteiger partial charge in [0.15, 0.2) is 0 Å². The normalized spacial score (nSPS) is 13.3. The van der Waals surface area contributed by atoms with Crippen LogP contribution < -0.4 is 15.5 Å². The molecule has 5 heteroatoms. The summed E-state index contributed by atoms with van der Waals surface area (Å²) in [7, 11) is 0. The Morgan fingerprint density at radius 3 is 1.79 bits per heavy atom. The number of aromatic nitrogens is 1. The van der Waals surface area contributed by atoms with Gasteiger partial charge in [-0.1, -0.05) is 145 Å². The third-order valence-electron chi connectivity index (χ3n) is 12.5. The molecule has 10 aromatic rings. The maximum Gasteiger partial charge on any atom is 0.0764 e. The molecular weight excluding hydrogens is 761 g/mol. The van der Waals surface area contributed by atoms with Crippen LogP contribution in [0.25, 0.3) is 27.5 Å². The second-order valence-electron chi connectivity index (χ2n) is 15.8. The summed E-state index contributed by atoms with van der Waals surface area (Å²) in [5.74, 6) is 0. The molecule has 4 nitrogen and oxygen atoms in total. The molecule has 61 heavy (non-hydrogen) atoms. The molecule has 0 atom stereocenters. The van der Waals surface area contributed by atoms with Gasteiger partial charge in [-0.3, -0.25) is 0 Å². The fraction of sp³-hybridized carbons (Fsp3) is 0.0357. The second kappa shape index (κ2) is 14.4. The largest absolute Gasteiger partial charge is 0.379 e. The Balaban J connectivity index is 1.02. The molecule has 0 radical (unpaired) electrons. The van der Waals surface area contributed by atoms with Crippen LogP contribution >= 0.6 is 11.8 Å². The first-order chi connectivity index (χ1) is 30.3. The monoisotopic (exact) mass is 800 g/mol. The van der Waals surface area contributed by atoms with Crippen molar-refractivity contribution in [1.82, 2.24) is 4.57 Å². The van der Waals surface area contributed by atoms with Gasteiger partial charge in [-0.05, 0) is 113 Å². The SMILES string of the molecule is c1ccc(Nc2ccccc2NCc2ccc(-n3c4ccccc4c4cc5c(cc43)C3(c4ccccc4S5)c4ccccc4N(c4ccccc4)c4ccccc43)cc2)cc1. The molecule has 290 valence electrons. The zero-order valence-electron chi connectivity index (χ0n) is 33.3. The highest BCUT2D eigenvalue weighted by Crippen LogP contribution is 2.63. The highest BCUT2D eigenvalue weighted by molar-refractivity contribution is 7.99. The molecule has 1 aromatic heterocycles. The summed E-state index contributed by atoms with van der Waals surface area (Å²) in [6, 6.07) is 79.6. The molecule has 0 fully saturated rings. The third-order valence-corrected chi connectivity index (χ3v) is 13.6. The zero-order valence-corrected chi connectivity index (χ0v) is 34.1. The first kappa shape index (κ1) is 35.5. The molecule has 9 aromatic carbocycles. The van der Waals surface area contributed by atoms with E-state index in [1.54, 1.807) is 0 Å². The lowest BCUT2D eigenvalue weighted by atomic mass is 9.62. The fourth-order valence-corrected chi connectivity index (χ4v) is 11.1. The Morgan fingerprint density at radius 2 is 1.03 bits per heavy atom. The Morgan fingerprint density at radius 1 is 0.426 bits per heavy atom. The molecular formula is C56H40N4S. The van der Waals surface area contributed by atoms with Crippen LogP contribution in [0.1, 0.15) is 27.8 Å². The van der Waals surface area contributed by atoms with E-state index in [0.29, 0.717) is 6.54 Å². The lowest BCUT2D eigenvalue weighted by Gasteiger charge is -2.49. The van der Waals surface area contributed by atoms with E-state index in [-0.39, 0.29) is 0 Å². The molecule has 2 aliphatic heterocycles. The minimum atomic E-state index is -0.563. The lowest BCUT2D eigenvalue weighted by Crippen LogP contribution is -2.39. The number of hydrogen-bond acceptors (Lipinski definition) is 4. The molecule has 0 aliphatic carbocycles. The van der Waals surface area contributed by atoms with Crippen molar-refractivity contribution in [3.8, 4) is 5.69 Å². The summed E-state index contributed by atoms with van der Waals surface area (Å²) in [5, 5.41) is 9.77. The van der Waals surface area contributed by atoms with Crippen molar-refractivity contribution in [2.75, 3.05) is 15.5 Å². The van der Waals surface area contributed by atoms with Gasteiger partial charge in [0.05, 0.1) is 39.2 Å². The van der Waals surface area contributed by atoms with Crippen molar-refractivity contribution in [3.63, 3.8) is 0 Å². The van der Waals surface area contributed by atoms with Gasteiger partial charge in [0.25, 0.3) is 0 Å². The third kappa shape index (κ3) is 5.62. The van der Waals surface area contributed by atoms with E-state index in [1.165, 1.54) is 70.8 Å². The van der Waals surface area contributed by atoms with Crippen molar-refractivity contribution in [3.05, 3.63) is 246 Å². The summed E-state index contributed by atoms with van der Waals surface area (Å²) < 4.78 is 2.47. The van der Waals surface area contributed by atoms with E-state index in [1.807, 2.05) is 17.8 Å². The number of para-hydroxylation sites is 7. The van der Waals surface area contributed by atoms with Crippen LogP contribution in [0, 0.1) is 0 Å². The number of rotatable bonds is 7. The van der Waals surface area contributed by atoms with Gasteiger partial charge in [0, 0.05) is 44.2 Å². The molecule has 12 rings (SSSR count). The van der Waals surface area contributed by atoms with Gasteiger partial charge in [0.2, 0.25) is 0 Å². The molecule has 0 bridgehead atoms. The molecule has 1 spiro atoms. The Bertz CT molecular complexity index is 3220. The van der Waals surface area contributed by atoms with Crippen LogP contribution in [-0.2, 0) is 12.0 Å². The van der Waals surface area contributed by atoms with E-state index in [9.17, 15) is 0 Å². The molecule has 2 aliphatic rings. The topological polar surface area (TPSA) is 32.2 Å². The van der Waals surface area contributed by atoms with Crippen LogP contribution in [0.5, 0.6) is 0 Å². The fourth-order valence-electron chi connectivity index (χ4n) is 9.85. The summed E-state index contributed by atoms with van der Waals surface area (Å²) in [5.41, 5.74) is 16.1. The Hall–Kier alpha value is -7.47.